The Labute approximate surface area is 198 Å². The first-order valence-electron chi connectivity index (χ1n) is 10.7. The molecule has 35 heavy (non-hydrogen) atoms. The number of amides is 1. The van der Waals surface area contributed by atoms with Gasteiger partial charge in [-0.25, -0.2) is 4.79 Å². The smallest absolute Gasteiger partial charge is 0.387 e. The van der Waals surface area contributed by atoms with E-state index in [1.807, 2.05) is 17.6 Å². The number of aromatic nitrogens is 1. The number of carbonyl (C=O) groups is 2. The number of nitrogens with zero attached hydrogens (tertiary/aromatic N) is 1. The van der Waals surface area contributed by atoms with Gasteiger partial charge in [-0.05, 0) is 42.3 Å². The lowest BCUT2D eigenvalue weighted by Crippen LogP contribution is -2.11. The summed E-state index contributed by atoms with van der Waals surface area (Å²) in [4.78, 5) is 33.5. The van der Waals surface area contributed by atoms with Crippen LogP contribution in [-0.2, 0) is 22.6 Å². The number of para-hydroxylation sites is 1. The summed E-state index contributed by atoms with van der Waals surface area (Å²) in [6, 6.07) is 15.0. The van der Waals surface area contributed by atoms with Gasteiger partial charge in [-0.15, -0.1) is 0 Å². The number of halogens is 2. The van der Waals surface area contributed by atoms with Gasteiger partial charge in [-0.1, -0.05) is 31.2 Å². The van der Waals surface area contributed by atoms with Gasteiger partial charge < -0.3 is 25.0 Å². The number of carbonyl (C=O) groups excluding carboxylic acids is 1. The number of fused-ring (bicyclic) bond motifs is 3. The Morgan fingerprint density at radius 2 is 1.80 bits per heavy atom. The Morgan fingerprint density at radius 1 is 1.03 bits per heavy atom. The second-order valence-electron chi connectivity index (χ2n) is 7.72. The number of hydrogen-bond acceptors (Lipinski definition) is 5. The first-order chi connectivity index (χ1) is 16.8. The van der Waals surface area contributed by atoms with Crippen LogP contribution in [0.5, 0.6) is 11.5 Å². The van der Waals surface area contributed by atoms with Crippen molar-refractivity contribution in [3.8, 4) is 11.5 Å². The van der Waals surface area contributed by atoms with Crippen molar-refractivity contribution < 1.29 is 38.0 Å². The largest absolute Gasteiger partial charge is 0.479 e. The average molecular weight is 484 g/mol. The van der Waals surface area contributed by atoms with Gasteiger partial charge in [0.1, 0.15) is 5.75 Å². The number of benzene rings is 3. The molecule has 0 fully saturated rings. The summed E-state index contributed by atoms with van der Waals surface area (Å²) >= 11 is 0. The lowest BCUT2D eigenvalue weighted by atomic mass is 10.0. The number of rotatable bonds is 10. The highest BCUT2D eigenvalue weighted by molar-refractivity contribution is 6.19. The highest BCUT2D eigenvalue weighted by Crippen LogP contribution is 2.40. The fraction of sp³-hybridized carbons (Fsp3) is 0.200. The SMILES string of the molecule is CCc1cc(OOCC(=O)O)c2c3c(C(N)=O)cccc3n(Cc3ccccc3OC(F)F)c2c1. The Morgan fingerprint density at radius 3 is 2.49 bits per heavy atom. The van der Waals surface area contributed by atoms with Gasteiger partial charge in [-0.3, -0.25) is 4.79 Å². The zero-order valence-electron chi connectivity index (χ0n) is 18.7. The van der Waals surface area contributed by atoms with E-state index >= 15 is 0 Å². The van der Waals surface area contributed by atoms with Crippen LogP contribution in [0.3, 0.4) is 0 Å². The summed E-state index contributed by atoms with van der Waals surface area (Å²) in [6.07, 6.45) is 0.612. The predicted octanol–water partition coefficient (Wildman–Crippen LogP) is 4.50. The first kappa shape index (κ1) is 24.0. The number of aryl methyl sites for hydroxylation is 1. The van der Waals surface area contributed by atoms with E-state index in [0.29, 0.717) is 33.8 Å². The minimum Gasteiger partial charge on any atom is -0.479 e. The average Bonchev–Trinajstić information content (AvgIpc) is 3.13. The van der Waals surface area contributed by atoms with Crippen LogP contribution in [0.15, 0.2) is 54.6 Å². The number of nitrogens with two attached hydrogens (primary N) is 1. The molecule has 0 unspecified atom stereocenters. The van der Waals surface area contributed by atoms with Crippen molar-refractivity contribution >= 4 is 33.7 Å². The second-order valence-corrected chi connectivity index (χ2v) is 7.72. The number of primary amides is 1. The van der Waals surface area contributed by atoms with Crippen LogP contribution in [-0.4, -0.2) is 34.8 Å². The summed E-state index contributed by atoms with van der Waals surface area (Å²) < 4.78 is 32.5. The van der Waals surface area contributed by atoms with Crippen LogP contribution in [0, 0.1) is 0 Å². The van der Waals surface area contributed by atoms with E-state index < -0.39 is 25.1 Å². The molecule has 182 valence electrons. The third-order valence-corrected chi connectivity index (χ3v) is 5.54. The summed E-state index contributed by atoms with van der Waals surface area (Å²) in [5.74, 6) is -1.66. The normalized spacial score (nSPS) is 11.3. The molecule has 3 N–H and O–H groups in total. The van der Waals surface area contributed by atoms with E-state index in [0.717, 1.165) is 5.56 Å². The van der Waals surface area contributed by atoms with E-state index in [4.69, 9.17) is 25.4 Å². The Kier molecular flexibility index (Phi) is 6.83. The topological polar surface area (TPSA) is 113 Å². The predicted molar refractivity (Wildman–Crippen MR) is 124 cm³/mol. The number of carboxylic acids is 1. The molecule has 0 radical (unpaired) electrons. The van der Waals surface area contributed by atoms with Crippen LogP contribution < -0.4 is 15.4 Å². The molecule has 0 aliphatic rings. The molecular weight excluding hydrogens is 462 g/mol. The minimum atomic E-state index is -2.99. The number of hydrogen-bond donors (Lipinski definition) is 2. The van der Waals surface area contributed by atoms with Gasteiger partial charge in [0, 0.05) is 16.5 Å². The van der Waals surface area contributed by atoms with E-state index in [1.165, 1.54) is 6.07 Å². The summed E-state index contributed by atoms with van der Waals surface area (Å²) in [5, 5.41) is 9.86. The van der Waals surface area contributed by atoms with Crippen molar-refractivity contribution in [2.24, 2.45) is 5.73 Å². The van der Waals surface area contributed by atoms with E-state index in [2.05, 4.69) is 0 Å². The molecule has 0 spiro atoms. The van der Waals surface area contributed by atoms with Gasteiger partial charge in [0.05, 0.1) is 23.0 Å². The van der Waals surface area contributed by atoms with E-state index in [1.54, 1.807) is 42.5 Å². The zero-order valence-corrected chi connectivity index (χ0v) is 18.7. The van der Waals surface area contributed by atoms with Gasteiger partial charge in [0.25, 0.3) is 0 Å². The Balaban J connectivity index is 1.99. The van der Waals surface area contributed by atoms with Crippen molar-refractivity contribution in [2.45, 2.75) is 26.5 Å². The minimum absolute atomic E-state index is 0.0245. The molecule has 0 aliphatic heterocycles. The Hall–Kier alpha value is -4.18. The molecule has 0 bridgehead atoms. The molecule has 8 nitrogen and oxygen atoms in total. The number of aliphatic carboxylic acids is 1. The number of carboxylic acid groups (broad SMARTS) is 1. The van der Waals surface area contributed by atoms with Crippen molar-refractivity contribution in [2.75, 3.05) is 6.61 Å². The molecule has 1 amide bonds. The number of alkyl halides is 2. The fourth-order valence-corrected chi connectivity index (χ4v) is 4.08. The molecule has 0 saturated carbocycles. The highest BCUT2D eigenvalue weighted by Gasteiger charge is 2.22. The van der Waals surface area contributed by atoms with Crippen LogP contribution in [0.4, 0.5) is 8.78 Å². The molecule has 4 aromatic rings. The molecule has 1 aromatic heterocycles. The van der Waals surface area contributed by atoms with Crippen molar-refractivity contribution in [1.82, 2.24) is 4.57 Å². The number of ether oxygens (including phenoxy) is 1. The first-order valence-corrected chi connectivity index (χ1v) is 10.7. The molecule has 0 atom stereocenters. The third-order valence-electron chi connectivity index (χ3n) is 5.54. The van der Waals surface area contributed by atoms with Crippen molar-refractivity contribution in [3.63, 3.8) is 0 Å². The highest BCUT2D eigenvalue weighted by atomic mass is 19.3. The van der Waals surface area contributed by atoms with Crippen LogP contribution in [0.2, 0.25) is 0 Å². The van der Waals surface area contributed by atoms with Crippen LogP contribution >= 0.6 is 0 Å². The van der Waals surface area contributed by atoms with E-state index in [-0.39, 0.29) is 23.6 Å². The molecule has 0 aliphatic carbocycles. The quantitative estimate of drug-likeness (QED) is 0.253. The zero-order chi connectivity index (χ0) is 25.1. The molecule has 3 aromatic carbocycles. The summed E-state index contributed by atoms with van der Waals surface area (Å²) in [6.45, 7) is -1.63. The molecule has 10 heteroatoms. The van der Waals surface area contributed by atoms with Crippen LogP contribution in [0.25, 0.3) is 21.8 Å². The maximum Gasteiger partial charge on any atom is 0.387 e. The monoisotopic (exact) mass is 484 g/mol. The fourth-order valence-electron chi connectivity index (χ4n) is 4.08. The van der Waals surface area contributed by atoms with Gasteiger partial charge >= 0.3 is 12.6 Å². The van der Waals surface area contributed by atoms with E-state index in [9.17, 15) is 18.4 Å². The lowest BCUT2D eigenvalue weighted by Gasteiger charge is -2.14. The van der Waals surface area contributed by atoms with Gasteiger partial charge in [0.2, 0.25) is 5.91 Å². The van der Waals surface area contributed by atoms with Crippen molar-refractivity contribution in [1.29, 1.82) is 0 Å². The van der Waals surface area contributed by atoms with Gasteiger partial charge in [-0.2, -0.15) is 13.7 Å². The third kappa shape index (κ3) is 4.87. The maximum atomic E-state index is 13.0. The second kappa shape index (κ2) is 9.98. The molecular formula is C25H22F2N2O6. The maximum absolute atomic E-state index is 13.0. The Bertz CT molecular complexity index is 1420. The van der Waals surface area contributed by atoms with Crippen LogP contribution in [0.1, 0.15) is 28.4 Å². The summed E-state index contributed by atoms with van der Waals surface area (Å²) in [7, 11) is 0. The van der Waals surface area contributed by atoms with Gasteiger partial charge in [0.15, 0.2) is 12.4 Å². The standard InChI is InChI=1S/C25H22F2N2O6/c1-2-14-10-18-23(20(11-14)35-33-13-21(30)31)22-16(24(28)32)7-5-8-17(22)29(18)12-15-6-3-4-9-19(15)34-25(26)27/h3-11,25H,2,12-13H2,1H3,(H2,28,32)(H,30,31). The molecule has 1 heterocycles. The van der Waals surface area contributed by atoms with Crippen molar-refractivity contribution in [3.05, 3.63) is 71.3 Å². The molecule has 4 rings (SSSR count). The lowest BCUT2D eigenvalue weighted by molar-refractivity contribution is -0.212. The summed E-state index contributed by atoms with van der Waals surface area (Å²) in [5.41, 5.74) is 8.42. The molecule has 0 saturated heterocycles.